The van der Waals surface area contributed by atoms with Gasteiger partial charge in [-0.3, -0.25) is 9.80 Å². The standard InChI is InChI=1S/C28H34N2O3/c1-31-26-13-12-25(28(21-26)32-2)22-30-16-14-29(15-17-30)18-19-33-27-11-7-6-10-24(27)20-23-8-4-3-5-9-23/h3-13,21H,14-20,22H2,1-2H3. The molecule has 0 amide bonds. The molecule has 3 aromatic carbocycles. The number of para-hydroxylation sites is 1. The van der Waals surface area contributed by atoms with E-state index in [0.717, 1.165) is 62.9 Å². The van der Waals surface area contributed by atoms with E-state index in [0.29, 0.717) is 6.61 Å². The first-order chi connectivity index (χ1) is 16.2. The van der Waals surface area contributed by atoms with Crippen molar-refractivity contribution >= 4 is 0 Å². The fourth-order valence-electron chi connectivity index (χ4n) is 4.29. The van der Waals surface area contributed by atoms with Crippen LogP contribution in [0.4, 0.5) is 0 Å². The maximum absolute atomic E-state index is 6.20. The summed E-state index contributed by atoms with van der Waals surface area (Å²) in [6.45, 7) is 6.72. The first kappa shape index (κ1) is 23.1. The molecule has 5 nitrogen and oxygen atoms in total. The second-order valence-corrected chi connectivity index (χ2v) is 8.41. The van der Waals surface area contributed by atoms with E-state index in [-0.39, 0.29) is 0 Å². The van der Waals surface area contributed by atoms with Gasteiger partial charge in [-0.1, -0.05) is 54.6 Å². The monoisotopic (exact) mass is 446 g/mol. The number of hydrogen-bond acceptors (Lipinski definition) is 5. The Bertz CT molecular complexity index is 1000. The fraction of sp³-hybridized carbons (Fsp3) is 0.357. The van der Waals surface area contributed by atoms with Crippen molar-refractivity contribution in [2.75, 3.05) is 53.6 Å². The van der Waals surface area contributed by atoms with Gasteiger partial charge in [0.05, 0.1) is 14.2 Å². The van der Waals surface area contributed by atoms with Crippen molar-refractivity contribution in [3.8, 4) is 17.2 Å². The van der Waals surface area contributed by atoms with Gasteiger partial charge in [0.2, 0.25) is 0 Å². The van der Waals surface area contributed by atoms with E-state index in [1.165, 1.54) is 16.7 Å². The first-order valence-electron chi connectivity index (χ1n) is 11.7. The van der Waals surface area contributed by atoms with Crippen molar-refractivity contribution in [3.63, 3.8) is 0 Å². The van der Waals surface area contributed by atoms with Crippen LogP contribution >= 0.6 is 0 Å². The Balaban J connectivity index is 1.23. The van der Waals surface area contributed by atoms with Crippen molar-refractivity contribution < 1.29 is 14.2 Å². The van der Waals surface area contributed by atoms with Crippen LogP contribution < -0.4 is 14.2 Å². The Hall–Kier alpha value is -3.02. The predicted molar refractivity (Wildman–Crippen MR) is 132 cm³/mol. The number of hydrogen-bond donors (Lipinski definition) is 0. The highest BCUT2D eigenvalue weighted by atomic mass is 16.5. The van der Waals surface area contributed by atoms with Gasteiger partial charge in [-0.2, -0.15) is 0 Å². The lowest BCUT2D eigenvalue weighted by atomic mass is 10.0. The van der Waals surface area contributed by atoms with Crippen molar-refractivity contribution in [1.82, 2.24) is 9.80 Å². The molecule has 3 aromatic rings. The van der Waals surface area contributed by atoms with Crippen LogP contribution in [-0.2, 0) is 13.0 Å². The second-order valence-electron chi connectivity index (χ2n) is 8.41. The van der Waals surface area contributed by atoms with Gasteiger partial charge in [0, 0.05) is 57.3 Å². The van der Waals surface area contributed by atoms with Gasteiger partial charge >= 0.3 is 0 Å². The molecule has 0 saturated carbocycles. The molecule has 1 fully saturated rings. The molecule has 5 heteroatoms. The summed E-state index contributed by atoms with van der Waals surface area (Å²) in [7, 11) is 3.40. The highest BCUT2D eigenvalue weighted by Crippen LogP contribution is 2.26. The average Bonchev–Trinajstić information content (AvgIpc) is 2.87. The largest absolute Gasteiger partial charge is 0.497 e. The second kappa shape index (κ2) is 11.7. The Kier molecular flexibility index (Phi) is 8.23. The molecule has 1 aliphatic heterocycles. The minimum absolute atomic E-state index is 0.706. The van der Waals surface area contributed by atoms with Crippen molar-refractivity contribution in [2.24, 2.45) is 0 Å². The Morgan fingerprint density at radius 3 is 2.18 bits per heavy atom. The minimum atomic E-state index is 0.706. The van der Waals surface area contributed by atoms with E-state index in [1.54, 1.807) is 14.2 Å². The lowest BCUT2D eigenvalue weighted by Gasteiger charge is -2.34. The zero-order valence-electron chi connectivity index (χ0n) is 19.7. The molecule has 33 heavy (non-hydrogen) atoms. The van der Waals surface area contributed by atoms with E-state index < -0.39 is 0 Å². The van der Waals surface area contributed by atoms with Crippen LogP contribution in [0.25, 0.3) is 0 Å². The van der Waals surface area contributed by atoms with E-state index in [9.17, 15) is 0 Å². The molecule has 0 atom stereocenters. The number of benzene rings is 3. The quantitative estimate of drug-likeness (QED) is 0.458. The Morgan fingerprint density at radius 2 is 1.42 bits per heavy atom. The van der Waals surface area contributed by atoms with Crippen LogP contribution in [0.15, 0.2) is 72.8 Å². The van der Waals surface area contributed by atoms with Gasteiger partial charge in [-0.25, -0.2) is 0 Å². The highest BCUT2D eigenvalue weighted by Gasteiger charge is 2.18. The molecule has 174 valence electrons. The van der Waals surface area contributed by atoms with Gasteiger partial charge in [0.25, 0.3) is 0 Å². The minimum Gasteiger partial charge on any atom is -0.497 e. The van der Waals surface area contributed by atoms with Gasteiger partial charge in [-0.05, 0) is 23.3 Å². The number of ether oxygens (including phenoxy) is 3. The first-order valence-corrected chi connectivity index (χ1v) is 11.7. The number of rotatable bonds is 10. The molecule has 0 aliphatic carbocycles. The van der Waals surface area contributed by atoms with Crippen molar-refractivity contribution in [3.05, 3.63) is 89.5 Å². The van der Waals surface area contributed by atoms with Crippen LogP contribution in [-0.4, -0.2) is 63.4 Å². The fourth-order valence-corrected chi connectivity index (χ4v) is 4.29. The maximum Gasteiger partial charge on any atom is 0.127 e. The zero-order chi connectivity index (χ0) is 22.9. The third-order valence-corrected chi connectivity index (χ3v) is 6.23. The summed E-state index contributed by atoms with van der Waals surface area (Å²) >= 11 is 0. The summed E-state index contributed by atoms with van der Waals surface area (Å²) in [6.07, 6.45) is 0.893. The number of nitrogens with zero attached hydrogens (tertiary/aromatic N) is 2. The zero-order valence-corrected chi connectivity index (χ0v) is 19.7. The number of piperazine rings is 1. The highest BCUT2D eigenvalue weighted by molar-refractivity contribution is 5.41. The lowest BCUT2D eigenvalue weighted by Crippen LogP contribution is -2.47. The van der Waals surface area contributed by atoms with Crippen molar-refractivity contribution in [1.29, 1.82) is 0 Å². The Labute approximate surface area is 197 Å². The van der Waals surface area contributed by atoms with Gasteiger partial charge < -0.3 is 14.2 Å². The lowest BCUT2D eigenvalue weighted by molar-refractivity contribution is 0.112. The summed E-state index contributed by atoms with van der Waals surface area (Å²) < 4.78 is 17.1. The molecule has 0 unspecified atom stereocenters. The summed E-state index contributed by atoms with van der Waals surface area (Å²) in [5.74, 6) is 2.71. The summed E-state index contributed by atoms with van der Waals surface area (Å²) in [6, 6.07) is 25.0. The molecule has 0 radical (unpaired) electrons. The average molecular weight is 447 g/mol. The van der Waals surface area contributed by atoms with Crippen LogP contribution in [0.2, 0.25) is 0 Å². The van der Waals surface area contributed by atoms with E-state index in [4.69, 9.17) is 14.2 Å². The van der Waals surface area contributed by atoms with Gasteiger partial charge in [-0.15, -0.1) is 0 Å². The smallest absolute Gasteiger partial charge is 0.127 e. The van der Waals surface area contributed by atoms with Gasteiger partial charge in [0.1, 0.15) is 23.9 Å². The molecule has 1 saturated heterocycles. The molecule has 0 N–H and O–H groups in total. The molecule has 1 heterocycles. The van der Waals surface area contributed by atoms with Crippen LogP contribution in [0.5, 0.6) is 17.2 Å². The van der Waals surface area contributed by atoms with Crippen LogP contribution in [0, 0.1) is 0 Å². The summed E-state index contributed by atoms with van der Waals surface area (Å²) in [5, 5.41) is 0. The third-order valence-electron chi connectivity index (χ3n) is 6.23. The topological polar surface area (TPSA) is 34.2 Å². The molecular weight excluding hydrogens is 412 g/mol. The predicted octanol–water partition coefficient (Wildman–Crippen LogP) is 4.49. The summed E-state index contributed by atoms with van der Waals surface area (Å²) in [4.78, 5) is 4.97. The van der Waals surface area contributed by atoms with Crippen LogP contribution in [0.1, 0.15) is 16.7 Å². The SMILES string of the molecule is COc1ccc(CN2CCN(CCOc3ccccc3Cc3ccccc3)CC2)c(OC)c1. The number of methoxy groups -OCH3 is 2. The Morgan fingerprint density at radius 1 is 0.697 bits per heavy atom. The molecule has 4 rings (SSSR count). The van der Waals surface area contributed by atoms with Gasteiger partial charge in [0.15, 0.2) is 0 Å². The normalized spacial score (nSPS) is 14.7. The van der Waals surface area contributed by atoms with E-state index in [2.05, 4.69) is 70.5 Å². The molecule has 1 aliphatic rings. The molecular formula is C28H34N2O3. The van der Waals surface area contributed by atoms with Crippen molar-refractivity contribution in [2.45, 2.75) is 13.0 Å². The molecule has 0 spiro atoms. The third kappa shape index (κ3) is 6.50. The molecule has 0 bridgehead atoms. The summed E-state index contributed by atoms with van der Waals surface area (Å²) in [5.41, 5.74) is 3.74. The van der Waals surface area contributed by atoms with Crippen LogP contribution in [0.3, 0.4) is 0 Å². The maximum atomic E-state index is 6.20. The van der Waals surface area contributed by atoms with E-state index >= 15 is 0 Å². The van der Waals surface area contributed by atoms with E-state index in [1.807, 2.05) is 12.1 Å². The molecule has 0 aromatic heterocycles.